The molecule has 21 heavy (non-hydrogen) atoms. The molecular formula is C13H18ClF3N2O2. The van der Waals surface area contributed by atoms with Gasteiger partial charge in [0.15, 0.2) is 0 Å². The van der Waals surface area contributed by atoms with Gasteiger partial charge < -0.3 is 15.8 Å². The van der Waals surface area contributed by atoms with E-state index in [0.29, 0.717) is 12.2 Å². The van der Waals surface area contributed by atoms with Crippen LogP contribution in [0.5, 0.6) is 5.75 Å². The lowest BCUT2D eigenvalue weighted by molar-refractivity contribution is -0.123. The molecule has 0 aliphatic heterocycles. The van der Waals surface area contributed by atoms with Crippen LogP contribution in [0.15, 0.2) is 24.3 Å². The number of amides is 1. The molecule has 0 saturated heterocycles. The number of carbonyl (C=O) groups is 1. The number of alkyl halides is 2. The summed E-state index contributed by atoms with van der Waals surface area (Å²) in [5.41, 5.74) is 4.84. The monoisotopic (exact) mass is 326 g/mol. The van der Waals surface area contributed by atoms with Gasteiger partial charge in [0, 0.05) is 6.42 Å². The van der Waals surface area contributed by atoms with Crippen LogP contribution >= 0.6 is 12.4 Å². The summed E-state index contributed by atoms with van der Waals surface area (Å²) in [6.07, 6.45) is 0.444. The van der Waals surface area contributed by atoms with E-state index in [9.17, 15) is 18.0 Å². The predicted molar refractivity (Wildman–Crippen MR) is 75.4 cm³/mol. The van der Waals surface area contributed by atoms with Crippen molar-refractivity contribution in [2.45, 2.75) is 18.8 Å². The molecule has 0 aliphatic rings. The first kappa shape index (κ1) is 19.5. The number of carbonyl (C=O) groups excluding carboxylic acids is 1. The van der Waals surface area contributed by atoms with Crippen molar-refractivity contribution in [1.29, 1.82) is 0 Å². The lowest BCUT2D eigenvalue weighted by atomic mass is 10.3. The first-order valence-electron chi connectivity index (χ1n) is 6.16. The minimum Gasteiger partial charge on any atom is -0.494 e. The summed E-state index contributed by atoms with van der Waals surface area (Å²) in [6.45, 7) is -1.32. The second-order valence-corrected chi connectivity index (χ2v) is 4.24. The molecule has 0 aliphatic carbocycles. The predicted octanol–water partition coefficient (Wildman–Crippen LogP) is 2.12. The van der Waals surface area contributed by atoms with Crippen LogP contribution in [0, 0.1) is 5.82 Å². The molecule has 0 spiro atoms. The second kappa shape index (κ2) is 9.46. The third-order valence-electron chi connectivity index (χ3n) is 2.47. The van der Waals surface area contributed by atoms with Crippen LogP contribution in [-0.4, -0.2) is 31.5 Å². The molecule has 0 saturated carbocycles. The standard InChI is InChI=1S/C13H17F3N2O2.ClH/c14-10-3-5-11(6-4-10)20-7-1-2-12(19)18-9-13(15,16)8-17;/h3-6H,1-2,7-9,17H2,(H,18,19);1H. The number of halogens is 4. The number of hydrogen-bond acceptors (Lipinski definition) is 3. The number of ether oxygens (including phenoxy) is 1. The van der Waals surface area contributed by atoms with Crippen LogP contribution in [0.2, 0.25) is 0 Å². The quantitative estimate of drug-likeness (QED) is 0.719. The second-order valence-electron chi connectivity index (χ2n) is 4.24. The van der Waals surface area contributed by atoms with E-state index in [2.05, 4.69) is 5.32 Å². The maximum Gasteiger partial charge on any atom is 0.277 e. The summed E-state index contributed by atoms with van der Waals surface area (Å²) in [5.74, 6) is -3.44. The fraction of sp³-hybridized carbons (Fsp3) is 0.462. The normalized spacial score (nSPS) is 10.7. The highest BCUT2D eigenvalue weighted by Crippen LogP contribution is 2.11. The van der Waals surface area contributed by atoms with Gasteiger partial charge in [0.2, 0.25) is 5.91 Å². The van der Waals surface area contributed by atoms with Crippen LogP contribution < -0.4 is 15.8 Å². The van der Waals surface area contributed by atoms with Gasteiger partial charge >= 0.3 is 0 Å². The van der Waals surface area contributed by atoms with E-state index in [1.807, 2.05) is 0 Å². The van der Waals surface area contributed by atoms with Crippen molar-refractivity contribution < 1.29 is 22.7 Å². The number of benzene rings is 1. The van der Waals surface area contributed by atoms with E-state index < -0.39 is 24.9 Å². The van der Waals surface area contributed by atoms with Crippen molar-refractivity contribution in [2.24, 2.45) is 5.73 Å². The molecule has 1 aromatic rings. The van der Waals surface area contributed by atoms with Crippen molar-refractivity contribution in [3.05, 3.63) is 30.1 Å². The van der Waals surface area contributed by atoms with Crippen molar-refractivity contribution in [3.8, 4) is 5.75 Å². The van der Waals surface area contributed by atoms with Gasteiger partial charge in [-0.15, -0.1) is 12.4 Å². The topological polar surface area (TPSA) is 64.3 Å². The van der Waals surface area contributed by atoms with Gasteiger partial charge in [0.05, 0.1) is 19.7 Å². The highest BCUT2D eigenvalue weighted by molar-refractivity contribution is 5.85. The lowest BCUT2D eigenvalue weighted by Gasteiger charge is -2.14. The average Bonchev–Trinajstić information content (AvgIpc) is 2.43. The van der Waals surface area contributed by atoms with Crippen LogP contribution in [0.4, 0.5) is 13.2 Å². The fourth-order valence-corrected chi connectivity index (χ4v) is 1.34. The fourth-order valence-electron chi connectivity index (χ4n) is 1.34. The van der Waals surface area contributed by atoms with Crippen molar-refractivity contribution in [1.82, 2.24) is 5.32 Å². The Balaban J connectivity index is 0.00000400. The Bertz CT molecular complexity index is 430. The van der Waals surface area contributed by atoms with Crippen molar-refractivity contribution >= 4 is 18.3 Å². The van der Waals surface area contributed by atoms with E-state index in [-0.39, 0.29) is 31.3 Å². The maximum absolute atomic E-state index is 12.8. The molecule has 4 nitrogen and oxygen atoms in total. The summed E-state index contributed by atoms with van der Waals surface area (Å²) in [4.78, 5) is 11.3. The molecule has 0 fully saturated rings. The zero-order chi connectivity index (χ0) is 15.0. The summed E-state index contributed by atoms with van der Waals surface area (Å²) in [7, 11) is 0. The van der Waals surface area contributed by atoms with Crippen LogP contribution in [0.3, 0.4) is 0 Å². The number of nitrogens with one attached hydrogen (secondary N) is 1. The molecule has 120 valence electrons. The molecule has 8 heteroatoms. The highest BCUT2D eigenvalue weighted by atomic mass is 35.5. The Morgan fingerprint density at radius 2 is 1.90 bits per heavy atom. The maximum atomic E-state index is 12.8. The van der Waals surface area contributed by atoms with Gasteiger partial charge in [-0.2, -0.15) is 0 Å². The van der Waals surface area contributed by atoms with Gasteiger partial charge in [0.25, 0.3) is 5.92 Å². The molecule has 0 atom stereocenters. The Kier molecular flexibility index (Phi) is 8.80. The van der Waals surface area contributed by atoms with E-state index in [1.54, 1.807) is 0 Å². The average molecular weight is 327 g/mol. The lowest BCUT2D eigenvalue weighted by Crippen LogP contribution is -2.41. The molecule has 0 heterocycles. The van der Waals surface area contributed by atoms with Crippen LogP contribution in [-0.2, 0) is 4.79 Å². The van der Waals surface area contributed by atoms with Crippen LogP contribution in [0.25, 0.3) is 0 Å². The SMILES string of the molecule is Cl.NCC(F)(F)CNC(=O)CCCOc1ccc(F)cc1. The Labute approximate surface area is 127 Å². The highest BCUT2D eigenvalue weighted by Gasteiger charge is 2.26. The number of hydrogen-bond donors (Lipinski definition) is 2. The van der Waals surface area contributed by atoms with Crippen molar-refractivity contribution in [3.63, 3.8) is 0 Å². The third-order valence-corrected chi connectivity index (χ3v) is 2.47. The van der Waals surface area contributed by atoms with Gasteiger partial charge in [-0.1, -0.05) is 0 Å². The van der Waals surface area contributed by atoms with Gasteiger partial charge in [0.1, 0.15) is 11.6 Å². The minimum absolute atomic E-state index is 0. The van der Waals surface area contributed by atoms with E-state index in [4.69, 9.17) is 10.5 Å². The largest absolute Gasteiger partial charge is 0.494 e. The molecule has 0 bridgehead atoms. The van der Waals surface area contributed by atoms with Crippen molar-refractivity contribution in [2.75, 3.05) is 19.7 Å². The Morgan fingerprint density at radius 1 is 1.29 bits per heavy atom. The summed E-state index contributed by atoms with van der Waals surface area (Å²) < 4.78 is 43.4. The third kappa shape index (κ3) is 8.41. The molecular weight excluding hydrogens is 309 g/mol. The molecule has 0 radical (unpaired) electrons. The summed E-state index contributed by atoms with van der Waals surface area (Å²) in [6, 6.07) is 5.46. The molecule has 3 N–H and O–H groups in total. The number of rotatable bonds is 8. The van der Waals surface area contributed by atoms with Gasteiger partial charge in [-0.05, 0) is 30.7 Å². The Hall–Kier alpha value is -1.47. The van der Waals surface area contributed by atoms with Gasteiger partial charge in [-0.25, -0.2) is 13.2 Å². The first-order valence-corrected chi connectivity index (χ1v) is 6.16. The number of nitrogens with two attached hydrogens (primary N) is 1. The minimum atomic E-state index is -3.08. The summed E-state index contributed by atoms with van der Waals surface area (Å²) in [5, 5.41) is 2.11. The molecule has 1 aromatic carbocycles. The first-order chi connectivity index (χ1) is 9.43. The van der Waals surface area contributed by atoms with E-state index >= 15 is 0 Å². The smallest absolute Gasteiger partial charge is 0.277 e. The molecule has 1 rings (SSSR count). The van der Waals surface area contributed by atoms with Gasteiger partial charge in [-0.3, -0.25) is 4.79 Å². The molecule has 0 unspecified atom stereocenters. The van der Waals surface area contributed by atoms with E-state index in [1.165, 1.54) is 24.3 Å². The molecule has 0 aromatic heterocycles. The van der Waals surface area contributed by atoms with E-state index in [0.717, 1.165) is 0 Å². The Morgan fingerprint density at radius 3 is 2.48 bits per heavy atom. The zero-order valence-corrected chi connectivity index (χ0v) is 12.1. The van der Waals surface area contributed by atoms with Crippen LogP contribution in [0.1, 0.15) is 12.8 Å². The zero-order valence-electron chi connectivity index (χ0n) is 11.3. The summed E-state index contributed by atoms with van der Waals surface area (Å²) >= 11 is 0. The molecule has 1 amide bonds.